The zero-order valence-corrected chi connectivity index (χ0v) is 21.1. The Morgan fingerprint density at radius 1 is 1.16 bits per heavy atom. The molecule has 4 rings (SSSR count). The average molecular weight is 552 g/mol. The van der Waals surface area contributed by atoms with Gasteiger partial charge in [0, 0.05) is 44.4 Å². The van der Waals surface area contributed by atoms with Crippen LogP contribution in [0.5, 0.6) is 11.6 Å². The minimum atomic E-state index is 0. The van der Waals surface area contributed by atoms with Gasteiger partial charge in [0.25, 0.3) is 0 Å². The average Bonchev–Trinajstić information content (AvgIpc) is 3.48. The van der Waals surface area contributed by atoms with Crippen molar-refractivity contribution in [2.45, 2.75) is 45.4 Å². The van der Waals surface area contributed by atoms with Gasteiger partial charge in [0.1, 0.15) is 11.9 Å². The van der Waals surface area contributed by atoms with E-state index in [-0.39, 0.29) is 30.1 Å². The minimum absolute atomic E-state index is 0. The van der Waals surface area contributed by atoms with E-state index < -0.39 is 0 Å². The maximum atomic E-state index is 6.19. The third-order valence-electron chi connectivity index (χ3n) is 5.50. The number of ether oxygens (including phenoxy) is 3. The molecule has 32 heavy (non-hydrogen) atoms. The molecule has 1 unspecified atom stereocenters. The van der Waals surface area contributed by atoms with Crippen LogP contribution in [0.3, 0.4) is 0 Å². The van der Waals surface area contributed by atoms with Crippen molar-refractivity contribution in [2.75, 3.05) is 26.9 Å². The summed E-state index contributed by atoms with van der Waals surface area (Å²) in [5.74, 6) is 3.05. The Bertz CT molecular complexity index is 881. The van der Waals surface area contributed by atoms with Crippen LogP contribution in [-0.2, 0) is 17.8 Å². The number of aliphatic imine (C=N–C) groups is 1. The predicted octanol–water partition coefficient (Wildman–Crippen LogP) is 3.83. The van der Waals surface area contributed by atoms with Crippen molar-refractivity contribution in [3.63, 3.8) is 0 Å². The van der Waals surface area contributed by atoms with Crippen molar-refractivity contribution in [2.24, 2.45) is 10.9 Å². The van der Waals surface area contributed by atoms with Gasteiger partial charge in [0.2, 0.25) is 5.88 Å². The van der Waals surface area contributed by atoms with E-state index in [4.69, 9.17) is 14.2 Å². The van der Waals surface area contributed by atoms with Crippen LogP contribution in [0.1, 0.15) is 36.0 Å². The predicted molar refractivity (Wildman–Crippen MR) is 136 cm³/mol. The standard InChI is InChI=1S/C24H32N4O3.HI/c1-17-3-7-20(22(11-17)31-21-9-10-29-16-21)14-28-24(25-2)27-13-19-6-8-23(26-12-19)30-15-18-4-5-18;/h3,6-8,11-12,18,21H,4-5,9-10,13-16H2,1-2H3,(H2,25,27,28);1H. The molecule has 1 aromatic heterocycles. The fourth-order valence-electron chi connectivity index (χ4n) is 3.38. The first-order valence-corrected chi connectivity index (χ1v) is 11.1. The number of halogens is 1. The summed E-state index contributed by atoms with van der Waals surface area (Å²) in [7, 11) is 1.77. The van der Waals surface area contributed by atoms with Gasteiger partial charge in [-0.05, 0) is 42.9 Å². The quantitative estimate of drug-likeness (QED) is 0.280. The third kappa shape index (κ3) is 7.51. The maximum absolute atomic E-state index is 6.19. The molecule has 2 N–H and O–H groups in total. The molecule has 2 aliphatic rings. The second kappa shape index (κ2) is 12.2. The lowest BCUT2D eigenvalue weighted by atomic mass is 10.1. The summed E-state index contributed by atoms with van der Waals surface area (Å²) in [6.07, 6.45) is 5.46. The lowest BCUT2D eigenvalue weighted by Gasteiger charge is -2.18. The van der Waals surface area contributed by atoms with E-state index in [2.05, 4.69) is 45.7 Å². The Hall–Kier alpha value is -2.07. The number of benzene rings is 1. The van der Waals surface area contributed by atoms with Crippen LogP contribution in [0.25, 0.3) is 0 Å². The molecule has 8 heteroatoms. The number of nitrogens with one attached hydrogen (secondary N) is 2. The molecule has 1 saturated carbocycles. The van der Waals surface area contributed by atoms with Gasteiger partial charge in [-0.25, -0.2) is 4.98 Å². The van der Waals surface area contributed by atoms with Crippen LogP contribution in [0.15, 0.2) is 41.5 Å². The van der Waals surface area contributed by atoms with Crippen LogP contribution in [-0.4, -0.2) is 43.9 Å². The highest BCUT2D eigenvalue weighted by molar-refractivity contribution is 14.0. The number of guanidine groups is 1. The van der Waals surface area contributed by atoms with E-state index in [0.29, 0.717) is 25.6 Å². The molecule has 2 fully saturated rings. The first kappa shape index (κ1) is 24.6. The molecule has 0 radical (unpaired) electrons. The first-order valence-electron chi connectivity index (χ1n) is 11.1. The summed E-state index contributed by atoms with van der Waals surface area (Å²) in [6, 6.07) is 10.3. The molecule has 1 atom stereocenters. The molecule has 2 heterocycles. The molecule has 1 aliphatic carbocycles. The Kier molecular flexibility index (Phi) is 9.40. The fraction of sp³-hybridized carbons (Fsp3) is 0.500. The minimum Gasteiger partial charge on any atom is -0.488 e. The number of rotatable bonds is 9. The van der Waals surface area contributed by atoms with E-state index >= 15 is 0 Å². The van der Waals surface area contributed by atoms with E-state index in [0.717, 1.165) is 48.4 Å². The van der Waals surface area contributed by atoms with Gasteiger partial charge in [0.05, 0.1) is 19.8 Å². The van der Waals surface area contributed by atoms with Crippen LogP contribution >= 0.6 is 24.0 Å². The Labute approximate surface area is 207 Å². The molecule has 1 aromatic carbocycles. The summed E-state index contributed by atoms with van der Waals surface area (Å²) < 4.78 is 17.3. The number of pyridine rings is 1. The van der Waals surface area contributed by atoms with Crippen LogP contribution < -0.4 is 20.1 Å². The Morgan fingerprint density at radius 2 is 2.00 bits per heavy atom. The molecule has 1 saturated heterocycles. The molecule has 7 nitrogen and oxygen atoms in total. The summed E-state index contributed by atoms with van der Waals surface area (Å²) in [6.45, 7) is 5.53. The summed E-state index contributed by atoms with van der Waals surface area (Å²) in [4.78, 5) is 8.73. The molecular weight excluding hydrogens is 519 g/mol. The highest BCUT2D eigenvalue weighted by atomic mass is 127. The van der Waals surface area contributed by atoms with Crippen molar-refractivity contribution in [3.8, 4) is 11.6 Å². The van der Waals surface area contributed by atoms with Crippen molar-refractivity contribution in [1.29, 1.82) is 0 Å². The fourth-order valence-corrected chi connectivity index (χ4v) is 3.38. The zero-order chi connectivity index (χ0) is 21.5. The van der Waals surface area contributed by atoms with Crippen molar-refractivity contribution in [1.82, 2.24) is 15.6 Å². The normalized spacial score (nSPS) is 18.1. The van der Waals surface area contributed by atoms with E-state index in [1.807, 2.05) is 18.3 Å². The van der Waals surface area contributed by atoms with Gasteiger partial charge >= 0.3 is 0 Å². The van der Waals surface area contributed by atoms with Gasteiger partial charge in [-0.3, -0.25) is 4.99 Å². The number of nitrogens with zero attached hydrogens (tertiary/aromatic N) is 2. The summed E-state index contributed by atoms with van der Waals surface area (Å²) in [5, 5.41) is 6.71. The summed E-state index contributed by atoms with van der Waals surface area (Å²) in [5.41, 5.74) is 3.35. The lowest BCUT2D eigenvalue weighted by molar-refractivity contribution is 0.140. The molecular formula is C24H33IN4O3. The van der Waals surface area contributed by atoms with E-state index in [9.17, 15) is 0 Å². The Morgan fingerprint density at radius 3 is 2.69 bits per heavy atom. The molecule has 174 valence electrons. The second-order valence-electron chi connectivity index (χ2n) is 8.25. The van der Waals surface area contributed by atoms with Crippen molar-refractivity contribution < 1.29 is 14.2 Å². The molecule has 0 bridgehead atoms. The zero-order valence-electron chi connectivity index (χ0n) is 18.8. The monoisotopic (exact) mass is 552 g/mol. The summed E-state index contributed by atoms with van der Waals surface area (Å²) >= 11 is 0. The number of aryl methyl sites for hydroxylation is 1. The van der Waals surface area contributed by atoms with Crippen molar-refractivity contribution >= 4 is 29.9 Å². The van der Waals surface area contributed by atoms with Gasteiger partial charge < -0.3 is 24.8 Å². The number of hydrogen-bond donors (Lipinski definition) is 2. The van der Waals surface area contributed by atoms with Gasteiger partial charge in [0.15, 0.2) is 5.96 Å². The van der Waals surface area contributed by atoms with Gasteiger partial charge in [-0.2, -0.15) is 0 Å². The topological polar surface area (TPSA) is 77.0 Å². The second-order valence-corrected chi connectivity index (χ2v) is 8.25. The molecule has 2 aromatic rings. The molecule has 0 amide bonds. The van der Waals surface area contributed by atoms with Gasteiger partial charge in [-0.1, -0.05) is 18.2 Å². The third-order valence-corrected chi connectivity index (χ3v) is 5.50. The van der Waals surface area contributed by atoms with E-state index in [1.165, 1.54) is 18.4 Å². The van der Waals surface area contributed by atoms with Crippen LogP contribution in [0.2, 0.25) is 0 Å². The first-order chi connectivity index (χ1) is 15.2. The van der Waals surface area contributed by atoms with Crippen molar-refractivity contribution in [3.05, 3.63) is 53.2 Å². The smallest absolute Gasteiger partial charge is 0.213 e. The lowest BCUT2D eigenvalue weighted by Crippen LogP contribution is -2.36. The van der Waals surface area contributed by atoms with Gasteiger partial charge in [-0.15, -0.1) is 24.0 Å². The molecule has 0 spiro atoms. The SMILES string of the molecule is CN=C(NCc1ccc(OCC2CC2)nc1)NCc1ccc(C)cc1OC1CCOC1.I. The largest absolute Gasteiger partial charge is 0.488 e. The highest BCUT2D eigenvalue weighted by Crippen LogP contribution is 2.29. The Balaban J connectivity index is 0.00000289. The highest BCUT2D eigenvalue weighted by Gasteiger charge is 2.22. The maximum Gasteiger partial charge on any atom is 0.213 e. The molecule has 1 aliphatic heterocycles. The number of aromatic nitrogens is 1. The van der Waals surface area contributed by atoms with Crippen LogP contribution in [0.4, 0.5) is 0 Å². The van der Waals surface area contributed by atoms with Crippen LogP contribution in [0, 0.1) is 12.8 Å². The van der Waals surface area contributed by atoms with E-state index in [1.54, 1.807) is 7.05 Å². The number of hydrogen-bond acceptors (Lipinski definition) is 5.